The summed E-state index contributed by atoms with van der Waals surface area (Å²) in [6.07, 6.45) is 1.35. The van der Waals surface area contributed by atoms with Crippen molar-refractivity contribution in [3.8, 4) is 11.3 Å². The molecule has 4 rings (SSSR count). The molecule has 1 aromatic heterocycles. The van der Waals surface area contributed by atoms with E-state index in [1.54, 1.807) is 54.6 Å². The van der Waals surface area contributed by atoms with Crippen LogP contribution in [0.2, 0.25) is 5.02 Å². The highest BCUT2D eigenvalue weighted by molar-refractivity contribution is 8.00. The predicted octanol–water partition coefficient (Wildman–Crippen LogP) is 6.75. The quantitative estimate of drug-likeness (QED) is 0.130. The van der Waals surface area contributed by atoms with Gasteiger partial charge in [-0.15, -0.1) is 0 Å². The third-order valence-electron chi connectivity index (χ3n) is 5.37. The Morgan fingerprint density at radius 1 is 0.846 bits per heavy atom. The van der Waals surface area contributed by atoms with Crippen LogP contribution in [0.3, 0.4) is 0 Å². The minimum Gasteiger partial charge on any atom is -0.618 e. The number of alkyl halides is 3. The summed E-state index contributed by atoms with van der Waals surface area (Å²) in [7, 11) is 0. The second-order valence-electron chi connectivity index (χ2n) is 8.10. The molecule has 0 spiro atoms. The zero-order chi connectivity index (χ0) is 28.0. The molecule has 0 saturated carbocycles. The molecule has 7 nitrogen and oxygen atoms in total. The fourth-order valence-electron chi connectivity index (χ4n) is 3.64. The van der Waals surface area contributed by atoms with Crippen LogP contribution in [0.25, 0.3) is 11.3 Å². The fourth-order valence-corrected chi connectivity index (χ4v) is 4.47. The second kappa shape index (κ2) is 12.1. The van der Waals surface area contributed by atoms with E-state index >= 15 is 0 Å². The van der Waals surface area contributed by atoms with E-state index in [0.29, 0.717) is 32.4 Å². The third-order valence-corrected chi connectivity index (χ3v) is 6.44. The normalized spacial score (nSPS) is 11.9. The molecule has 0 fully saturated rings. The average molecular weight is 573 g/mol. The highest BCUT2D eigenvalue weighted by atomic mass is 35.5. The molecule has 0 aliphatic rings. The number of nitrogens with zero attached hydrogens (tertiary/aromatic N) is 1. The molecular formula is C27H20ClF3N4O3S. The summed E-state index contributed by atoms with van der Waals surface area (Å²) in [5.41, 5.74) is -3.01. The first-order valence-corrected chi connectivity index (χ1v) is 12.6. The molecule has 1 unspecified atom stereocenters. The number of thioether (sulfide) groups is 1. The minimum absolute atomic E-state index is 0.0446. The number of rotatable bonds is 7. The van der Waals surface area contributed by atoms with E-state index in [1.165, 1.54) is 42.6 Å². The van der Waals surface area contributed by atoms with Gasteiger partial charge in [0.2, 0.25) is 5.69 Å². The number of aromatic nitrogens is 1. The summed E-state index contributed by atoms with van der Waals surface area (Å²) in [4.78, 5) is 25.9. The molecule has 0 aliphatic heterocycles. The van der Waals surface area contributed by atoms with Crippen molar-refractivity contribution < 1.29 is 27.5 Å². The van der Waals surface area contributed by atoms with Gasteiger partial charge in [-0.3, -0.25) is 4.79 Å². The lowest BCUT2D eigenvalue weighted by Gasteiger charge is -2.22. The number of hydrogen-bond donors (Lipinski definition) is 3. The first kappa shape index (κ1) is 27.8. The summed E-state index contributed by atoms with van der Waals surface area (Å²) in [5, 5.41) is 20.1. The van der Waals surface area contributed by atoms with E-state index in [-0.39, 0.29) is 22.2 Å². The van der Waals surface area contributed by atoms with Crippen molar-refractivity contribution in [3.63, 3.8) is 0 Å². The Morgan fingerprint density at radius 3 is 2.13 bits per heavy atom. The molecule has 0 bridgehead atoms. The Labute approximate surface area is 230 Å². The van der Waals surface area contributed by atoms with Gasteiger partial charge < -0.3 is 21.2 Å². The molecule has 3 amide bonds. The van der Waals surface area contributed by atoms with Crippen molar-refractivity contribution in [2.75, 3.05) is 10.6 Å². The van der Waals surface area contributed by atoms with E-state index in [4.69, 9.17) is 11.6 Å². The van der Waals surface area contributed by atoms with Gasteiger partial charge in [0.25, 0.3) is 5.91 Å². The smallest absolute Gasteiger partial charge is 0.446 e. The number of carbonyl (C=O) groups is 2. The fraction of sp³-hybridized carbons (Fsp3) is 0.0741. The van der Waals surface area contributed by atoms with Crippen molar-refractivity contribution in [2.45, 2.75) is 16.4 Å². The number of halogens is 4. The lowest BCUT2D eigenvalue weighted by atomic mass is 10.1. The number of hydrogen-bond acceptors (Lipinski definition) is 4. The van der Waals surface area contributed by atoms with Gasteiger partial charge in [-0.25, -0.2) is 4.79 Å². The zero-order valence-corrected chi connectivity index (χ0v) is 21.5. The Hall–Kier alpha value is -4.22. The summed E-state index contributed by atoms with van der Waals surface area (Å²) < 4.78 is 40.4. The summed E-state index contributed by atoms with van der Waals surface area (Å²) >= 11 is 5.48. The molecule has 0 aliphatic carbocycles. The lowest BCUT2D eigenvalue weighted by Crippen LogP contribution is -2.39. The summed E-state index contributed by atoms with van der Waals surface area (Å²) in [6.45, 7) is 0. The van der Waals surface area contributed by atoms with Crippen LogP contribution >= 0.6 is 23.4 Å². The SMILES string of the molecule is O=C(Nc1ccc(Cl)cc1)NC(C(=O)Nc1ccc(-c2cccc[n+]2[O-])cc1)c1ccccc1SC(F)(F)F. The van der Waals surface area contributed by atoms with Crippen LogP contribution in [-0.2, 0) is 4.79 Å². The number of urea groups is 1. The van der Waals surface area contributed by atoms with Crippen molar-refractivity contribution in [1.29, 1.82) is 0 Å². The standard InChI is InChI=1S/C27H20ClF3N4O3S/c28-18-10-14-20(15-11-18)33-26(37)34-24(21-5-1-2-7-23(21)39-27(29,30)31)25(36)32-19-12-8-17(9-13-19)22-6-3-4-16-35(22)38/h1-16,24H,(H,32,36)(H2,33,34,37). The monoisotopic (exact) mass is 572 g/mol. The number of carbonyl (C=O) groups excluding carboxylic acids is 2. The first-order valence-electron chi connectivity index (χ1n) is 11.4. The second-order valence-corrected chi connectivity index (χ2v) is 9.65. The Bertz CT molecular complexity index is 1470. The number of pyridine rings is 1. The maximum absolute atomic E-state index is 13.4. The van der Waals surface area contributed by atoms with Gasteiger partial charge in [-0.2, -0.15) is 17.9 Å². The molecule has 4 aromatic rings. The van der Waals surface area contributed by atoms with Crippen LogP contribution in [0.15, 0.2) is 102 Å². The zero-order valence-electron chi connectivity index (χ0n) is 19.9. The van der Waals surface area contributed by atoms with Gasteiger partial charge in [-0.05, 0) is 78.0 Å². The molecule has 3 aromatic carbocycles. The maximum atomic E-state index is 13.4. The maximum Gasteiger partial charge on any atom is 0.446 e. The number of benzene rings is 3. The van der Waals surface area contributed by atoms with Crippen molar-refractivity contribution in [1.82, 2.24) is 5.32 Å². The first-order chi connectivity index (χ1) is 18.6. The third kappa shape index (κ3) is 7.65. The van der Waals surface area contributed by atoms with E-state index in [2.05, 4.69) is 16.0 Å². The molecule has 0 radical (unpaired) electrons. The lowest BCUT2D eigenvalue weighted by molar-refractivity contribution is -0.593. The van der Waals surface area contributed by atoms with Gasteiger partial charge in [0, 0.05) is 39.0 Å². The molecule has 0 saturated heterocycles. The largest absolute Gasteiger partial charge is 0.618 e. The molecule has 39 heavy (non-hydrogen) atoms. The van der Waals surface area contributed by atoms with Gasteiger partial charge in [-0.1, -0.05) is 29.8 Å². The number of anilines is 2. The molecule has 12 heteroatoms. The molecule has 3 N–H and O–H groups in total. The Morgan fingerprint density at radius 2 is 1.46 bits per heavy atom. The van der Waals surface area contributed by atoms with E-state index in [9.17, 15) is 28.0 Å². The Balaban J connectivity index is 1.59. The van der Waals surface area contributed by atoms with E-state index in [0.717, 1.165) is 0 Å². The Kier molecular flexibility index (Phi) is 8.62. The topological polar surface area (TPSA) is 97.2 Å². The van der Waals surface area contributed by atoms with Gasteiger partial charge in [0.05, 0.1) is 0 Å². The van der Waals surface area contributed by atoms with Gasteiger partial charge in [0.15, 0.2) is 6.20 Å². The molecular weight excluding hydrogens is 553 g/mol. The van der Waals surface area contributed by atoms with E-state index < -0.39 is 23.5 Å². The average Bonchev–Trinajstić information content (AvgIpc) is 2.89. The van der Waals surface area contributed by atoms with Crippen molar-refractivity contribution in [3.05, 3.63) is 113 Å². The molecule has 200 valence electrons. The van der Waals surface area contributed by atoms with Crippen molar-refractivity contribution in [2.24, 2.45) is 0 Å². The van der Waals surface area contributed by atoms with Gasteiger partial charge in [0.1, 0.15) is 6.04 Å². The summed E-state index contributed by atoms with van der Waals surface area (Å²) in [6, 6.07) is 20.5. The van der Waals surface area contributed by atoms with Crippen LogP contribution in [0.1, 0.15) is 11.6 Å². The van der Waals surface area contributed by atoms with E-state index in [1.807, 2.05) is 0 Å². The summed E-state index contributed by atoms with van der Waals surface area (Å²) in [5.74, 6) is -0.775. The molecule has 1 heterocycles. The van der Waals surface area contributed by atoms with Gasteiger partial charge >= 0.3 is 11.5 Å². The van der Waals surface area contributed by atoms with Crippen LogP contribution in [0.5, 0.6) is 0 Å². The predicted molar refractivity (Wildman–Crippen MR) is 144 cm³/mol. The van der Waals surface area contributed by atoms with Crippen LogP contribution in [0.4, 0.5) is 29.3 Å². The van der Waals surface area contributed by atoms with Crippen LogP contribution in [-0.4, -0.2) is 17.4 Å². The van der Waals surface area contributed by atoms with Crippen LogP contribution in [0, 0.1) is 5.21 Å². The van der Waals surface area contributed by atoms with Crippen LogP contribution < -0.4 is 20.7 Å². The highest BCUT2D eigenvalue weighted by Gasteiger charge is 2.33. The number of nitrogens with one attached hydrogen (secondary N) is 3. The van der Waals surface area contributed by atoms with Crippen molar-refractivity contribution >= 4 is 46.7 Å². The minimum atomic E-state index is -4.62. The number of amides is 3. The highest BCUT2D eigenvalue weighted by Crippen LogP contribution is 2.40. The molecule has 1 atom stereocenters.